The first-order valence-electron chi connectivity index (χ1n) is 5.22. The molecular weight excluding hydrogens is 236 g/mol. The summed E-state index contributed by atoms with van der Waals surface area (Å²) in [7, 11) is 0. The van der Waals surface area contributed by atoms with Crippen LogP contribution in [0.15, 0.2) is 16.9 Å². The van der Waals surface area contributed by atoms with E-state index in [1.807, 2.05) is 0 Å². The van der Waals surface area contributed by atoms with E-state index in [1.54, 1.807) is 26.0 Å². The monoisotopic (exact) mass is 248 g/mol. The van der Waals surface area contributed by atoms with Crippen molar-refractivity contribution >= 4 is 16.7 Å². The normalized spacial score (nSPS) is 10.8. The topological polar surface area (TPSA) is 106 Å². The highest BCUT2D eigenvalue weighted by atomic mass is 16.5. The van der Waals surface area contributed by atoms with Crippen LogP contribution in [0.2, 0.25) is 0 Å². The lowest BCUT2D eigenvalue weighted by molar-refractivity contribution is 0.0983. The second-order valence-electron chi connectivity index (χ2n) is 4.16. The zero-order valence-electron chi connectivity index (χ0n) is 9.89. The largest absolute Gasteiger partial charge is 0.492 e. The molecule has 2 rings (SSSR count). The summed E-state index contributed by atoms with van der Waals surface area (Å²) in [6, 6.07) is 3.14. The second-order valence-corrected chi connectivity index (χ2v) is 4.16. The van der Waals surface area contributed by atoms with Crippen LogP contribution in [0.3, 0.4) is 0 Å². The Kier molecular flexibility index (Phi) is 2.50. The number of pyridine rings is 1. The minimum atomic E-state index is -0.913. The number of amides is 1. The van der Waals surface area contributed by atoms with Crippen molar-refractivity contribution in [2.75, 3.05) is 0 Å². The third-order valence-electron chi connectivity index (χ3n) is 3.00. The molecule has 0 spiro atoms. The average molecular weight is 248 g/mol. The van der Waals surface area contributed by atoms with Crippen LogP contribution in [0.25, 0.3) is 10.8 Å². The molecule has 4 N–H and O–H groups in total. The fourth-order valence-electron chi connectivity index (χ4n) is 1.88. The number of rotatable bonds is 1. The van der Waals surface area contributed by atoms with Crippen LogP contribution in [-0.2, 0) is 0 Å². The van der Waals surface area contributed by atoms with E-state index in [4.69, 9.17) is 5.73 Å². The Morgan fingerprint density at radius 1 is 1.22 bits per heavy atom. The van der Waals surface area contributed by atoms with Gasteiger partial charge in [0, 0.05) is 5.39 Å². The van der Waals surface area contributed by atoms with Gasteiger partial charge in [-0.25, -0.2) is 0 Å². The van der Waals surface area contributed by atoms with Crippen molar-refractivity contribution in [1.82, 2.24) is 4.73 Å². The summed E-state index contributed by atoms with van der Waals surface area (Å²) >= 11 is 0. The van der Waals surface area contributed by atoms with Gasteiger partial charge in [0.25, 0.3) is 11.5 Å². The molecule has 0 unspecified atom stereocenters. The SMILES string of the molecule is Cc1cc2c(C(N)=O)c(O)n(O)c(=O)c2cc1C. The Labute approximate surface area is 102 Å². The predicted octanol–water partition coefficient (Wildman–Crippen LogP) is 0.660. The predicted molar refractivity (Wildman–Crippen MR) is 65.0 cm³/mol. The van der Waals surface area contributed by atoms with Crippen molar-refractivity contribution in [3.8, 4) is 5.88 Å². The molecule has 2 aromatic rings. The first-order chi connectivity index (χ1) is 8.34. The van der Waals surface area contributed by atoms with E-state index in [0.717, 1.165) is 11.1 Å². The second kappa shape index (κ2) is 3.76. The van der Waals surface area contributed by atoms with Gasteiger partial charge in [-0.15, -0.1) is 4.73 Å². The summed E-state index contributed by atoms with van der Waals surface area (Å²) in [5, 5.41) is 19.4. The number of hydrogen-bond acceptors (Lipinski definition) is 4. The molecule has 1 heterocycles. The van der Waals surface area contributed by atoms with E-state index in [9.17, 15) is 19.9 Å². The molecule has 0 aliphatic heterocycles. The summed E-state index contributed by atoms with van der Waals surface area (Å²) < 4.78 is 0.0250. The number of aromatic hydroxyl groups is 1. The van der Waals surface area contributed by atoms with E-state index in [0.29, 0.717) is 0 Å². The van der Waals surface area contributed by atoms with Crippen molar-refractivity contribution in [2.24, 2.45) is 5.73 Å². The van der Waals surface area contributed by atoms with Crippen molar-refractivity contribution in [3.63, 3.8) is 0 Å². The summed E-state index contributed by atoms with van der Waals surface area (Å²) in [6.07, 6.45) is 0. The number of carbonyl (C=O) groups is 1. The number of fused-ring (bicyclic) bond motifs is 1. The fraction of sp³-hybridized carbons (Fsp3) is 0.167. The zero-order valence-corrected chi connectivity index (χ0v) is 9.89. The third-order valence-corrected chi connectivity index (χ3v) is 3.00. The standard InChI is InChI=1S/C12H12N2O4/c1-5-3-7-8(4-6(5)2)11(16)14(18)12(17)9(7)10(13)15/h3-4,17-18H,1-2H3,(H2,13,15). The lowest BCUT2D eigenvalue weighted by Crippen LogP contribution is -2.23. The van der Waals surface area contributed by atoms with E-state index in [-0.39, 0.29) is 21.1 Å². The maximum Gasteiger partial charge on any atom is 0.294 e. The van der Waals surface area contributed by atoms with Crippen LogP contribution in [-0.4, -0.2) is 21.0 Å². The Morgan fingerprint density at radius 2 is 1.72 bits per heavy atom. The number of nitrogens with zero attached hydrogens (tertiary/aromatic N) is 1. The first-order valence-corrected chi connectivity index (χ1v) is 5.22. The Balaban J connectivity index is 3.13. The number of aryl methyl sites for hydroxylation is 2. The molecule has 6 heteroatoms. The molecule has 1 aromatic carbocycles. The van der Waals surface area contributed by atoms with Gasteiger partial charge in [-0.2, -0.15) is 0 Å². The van der Waals surface area contributed by atoms with Crippen LogP contribution < -0.4 is 11.3 Å². The van der Waals surface area contributed by atoms with Crippen molar-refractivity contribution in [2.45, 2.75) is 13.8 Å². The fourth-order valence-corrected chi connectivity index (χ4v) is 1.88. The molecule has 6 nitrogen and oxygen atoms in total. The highest BCUT2D eigenvalue weighted by Crippen LogP contribution is 2.25. The number of benzene rings is 1. The van der Waals surface area contributed by atoms with Gasteiger partial charge in [0.05, 0.1) is 5.39 Å². The Morgan fingerprint density at radius 3 is 2.22 bits per heavy atom. The Hall–Kier alpha value is -2.50. The number of carbonyl (C=O) groups excluding carboxylic acids is 1. The third kappa shape index (κ3) is 1.50. The van der Waals surface area contributed by atoms with Gasteiger partial charge in [0.2, 0.25) is 5.88 Å². The molecule has 18 heavy (non-hydrogen) atoms. The molecule has 0 radical (unpaired) electrons. The van der Waals surface area contributed by atoms with Gasteiger partial charge in [-0.1, -0.05) is 0 Å². The quantitative estimate of drug-likeness (QED) is 0.644. The molecular formula is C12H12N2O4. The van der Waals surface area contributed by atoms with Crippen LogP contribution >= 0.6 is 0 Å². The molecule has 0 aliphatic rings. The molecule has 94 valence electrons. The lowest BCUT2D eigenvalue weighted by atomic mass is 10.0. The minimum absolute atomic E-state index is 0.0250. The summed E-state index contributed by atoms with van der Waals surface area (Å²) in [4.78, 5) is 23.1. The first kappa shape index (κ1) is 12.0. The molecule has 0 saturated heterocycles. The van der Waals surface area contributed by atoms with Crippen molar-refractivity contribution in [1.29, 1.82) is 0 Å². The maximum atomic E-state index is 11.8. The molecule has 0 atom stereocenters. The van der Waals surface area contributed by atoms with Crippen LogP contribution in [0, 0.1) is 13.8 Å². The van der Waals surface area contributed by atoms with Gasteiger partial charge >= 0.3 is 0 Å². The molecule has 1 aromatic heterocycles. The van der Waals surface area contributed by atoms with E-state index < -0.39 is 17.3 Å². The summed E-state index contributed by atoms with van der Waals surface area (Å²) in [5.41, 5.74) is 5.78. The number of aromatic nitrogens is 1. The van der Waals surface area contributed by atoms with Crippen LogP contribution in [0.1, 0.15) is 21.5 Å². The molecule has 0 saturated carbocycles. The smallest absolute Gasteiger partial charge is 0.294 e. The van der Waals surface area contributed by atoms with Crippen molar-refractivity contribution in [3.05, 3.63) is 39.2 Å². The number of primary amides is 1. The number of nitrogens with two attached hydrogens (primary N) is 1. The molecule has 0 fully saturated rings. The van der Waals surface area contributed by atoms with Gasteiger partial charge in [0.1, 0.15) is 5.56 Å². The minimum Gasteiger partial charge on any atom is -0.492 e. The highest BCUT2D eigenvalue weighted by molar-refractivity contribution is 6.08. The van der Waals surface area contributed by atoms with Gasteiger partial charge in [0.15, 0.2) is 0 Å². The average Bonchev–Trinajstić information content (AvgIpc) is 2.29. The number of hydrogen-bond donors (Lipinski definition) is 3. The van der Waals surface area contributed by atoms with Gasteiger partial charge in [-0.3, -0.25) is 9.59 Å². The van der Waals surface area contributed by atoms with E-state index >= 15 is 0 Å². The van der Waals surface area contributed by atoms with E-state index in [2.05, 4.69) is 0 Å². The zero-order chi connectivity index (χ0) is 13.6. The van der Waals surface area contributed by atoms with E-state index in [1.165, 1.54) is 0 Å². The maximum absolute atomic E-state index is 11.8. The molecule has 0 aliphatic carbocycles. The summed E-state index contributed by atoms with van der Waals surface area (Å²) in [6.45, 7) is 3.60. The highest BCUT2D eigenvalue weighted by Gasteiger charge is 2.20. The van der Waals surface area contributed by atoms with Crippen LogP contribution in [0.4, 0.5) is 0 Å². The Bertz CT molecular complexity index is 731. The van der Waals surface area contributed by atoms with Gasteiger partial charge in [-0.05, 0) is 37.1 Å². The van der Waals surface area contributed by atoms with Crippen LogP contribution in [0.5, 0.6) is 5.88 Å². The van der Waals surface area contributed by atoms with Gasteiger partial charge < -0.3 is 16.0 Å². The summed E-state index contributed by atoms with van der Waals surface area (Å²) in [5.74, 6) is -1.76. The molecule has 0 bridgehead atoms. The lowest BCUT2D eigenvalue weighted by Gasteiger charge is -2.10. The van der Waals surface area contributed by atoms with Crippen molar-refractivity contribution < 1.29 is 15.1 Å². The molecule has 1 amide bonds.